The van der Waals surface area contributed by atoms with Gasteiger partial charge in [0, 0.05) is 30.6 Å². The van der Waals surface area contributed by atoms with Crippen molar-refractivity contribution in [2.24, 2.45) is 7.05 Å². The fourth-order valence-corrected chi connectivity index (χ4v) is 2.86. The second-order valence-electron chi connectivity index (χ2n) is 5.94. The number of carbonyl (C=O) groups is 2. The number of carbonyl (C=O) groups excluding carboxylic acids is 2. The highest BCUT2D eigenvalue weighted by Crippen LogP contribution is 2.21. The standard InChI is InChI=1S/C19H14FN5O2/c1-24-16(4-6-22-24)13-5-7-25-17(10-21-18(25)9-13)19(27)23-15-8-12(11-26)2-3-14(15)20/h2-11H,1H3,(H,23,27). The van der Waals surface area contributed by atoms with Gasteiger partial charge in [-0.05, 0) is 36.4 Å². The van der Waals surface area contributed by atoms with E-state index < -0.39 is 11.7 Å². The zero-order valence-corrected chi connectivity index (χ0v) is 14.3. The summed E-state index contributed by atoms with van der Waals surface area (Å²) in [6, 6.07) is 9.31. The highest BCUT2D eigenvalue weighted by atomic mass is 19.1. The van der Waals surface area contributed by atoms with Crippen molar-refractivity contribution in [1.29, 1.82) is 0 Å². The number of nitrogens with zero attached hydrogens (tertiary/aromatic N) is 4. The fraction of sp³-hybridized carbons (Fsp3) is 0.0526. The maximum atomic E-state index is 13.9. The van der Waals surface area contributed by atoms with Crippen LogP contribution in [0.15, 0.2) is 55.0 Å². The van der Waals surface area contributed by atoms with Gasteiger partial charge in [0.05, 0.1) is 17.6 Å². The van der Waals surface area contributed by atoms with E-state index in [1.165, 1.54) is 18.3 Å². The third-order valence-corrected chi connectivity index (χ3v) is 4.24. The lowest BCUT2D eigenvalue weighted by Gasteiger charge is -2.08. The summed E-state index contributed by atoms with van der Waals surface area (Å²) in [5.74, 6) is -1.15. The number of hydrogen-bond acceptors (Lipinski definition) is 4. The zero-order valence-electron chi connectivity index (χ0n) is 14.3. The van der Waals surface area contributed by atoms with Gasteiger partial charge in [0.25, 0.3) is 5.91 Å². The number of aryl methyl sites for hydroxylation is 1. The number of pyridine rings is 1. The summed E-state index contributed by atoms with van der Waals surface area (Å²) in [5, 5.41) is 6.62. The van der Waals surface area contributed by atoms with Crippen LogP contribution in [-0.2, 0) is 7.05 Å². The molecule has 0 saturated carbocycles. The number of anilines is 1. The maximum absolute atomic E-state index is 13.9. The largest absolute Gasteiger partial charge is 0.318 e. The van der Waals surface area contributed by atoms with Crippen LogP contribution in [0.2, 0.25) is 0 Å². The van der Waals surface area contributed by atoms with Crippen molar-refractivity contribution in [3.05, 3.63) is 72.1 Å². The number of hydrogen-bond donors (Lipinski definition) is 1. The van der Waals surface area contributed by atoms with Gasteiger partial charge in [-0.15, -0.1) is 0 Å². The summed E-state index contributed by atoms with van der Waals surface area (Å²) in [6.45, 7) is 0. The third-order valence-electron chi connectivity index (χ3n) is 4.24. The van der Waals surface area contributed by atoms with Crippen molar-refractivity contribution in [1.82, 2.24) is 19.2 Å². The van der Waals surface area contributed by atoms with Crippen LogP contribution in [0.4, 0.5) is 10.1 Å². The number of halogens is 1. The molecule has 4 aromatic rings. The van der Waals surface area contributed by atoms with E-state index in [1.54, 1.807) is 21.5 Å². The highest BCUT2D eigenvalue weighted by molar-refractivity contribution is 6.04. The molecule has 1 amide bonds. The summed E-state index contributed by atoms with van der Waals surface area (Å²) in [6.07, 6.45) is 5.42. The minimum Gasteiger partial charge on any atom is -0.318 e. The van der Waals surface area contributed by atoms with Crippen LogP contribution in [0, 0.1) is 5.82 Å². The smallest absolute Gasteiger partial charge is 0.274 e. The Kier molecular flexibility index (Phi) is 4.00. The topological polar surface area (TPSA) is 81.3 Å². The first kappa shape index (κ1) is 16.6. The molecule has 134 valence electrons. The van der Waals surface area contributed by atoms with E-state index in [0.717, 1.165) is 17.3 Å². The molecular formula is C19H14FN5O2. The monoisotopic (exact) mass is 363 g/mol. The maximum Gasteiger partial charge on any atom is 0.274 e. The number of benzene rings is 1. The molecule has 1 aromatic carbocycles. The van der Waals surface area contributed by atoms with Crippen molar-refractivity contribution in [2.45, 2.75) is 0 Å². The van der Waals surface area contributed by atoms with Crippen molar-refractivity contribution >= 4 is 23.5 Å². The van der Waals surface area contributed by atoms with Crippen molar-refractivity contribution < 1.29 is 14.0 Å². The number of nitrogens with one attached hydrogen (secondary N) is 1. The second-order valence-corrected chi connectivity index (χ2v) is 5.94. The number of imidazole rings is 1. The molecule has 0 atom stereocenters. The van der Waals surface area contributed by atoms with E-state index in [-0.39, 0.29) is 16.9 Å². The summed E-state index contributed by atoms with van der Waals surface area (Å²) >= 11 is 0. The summed E-state index contributed by atoms with van der Waals surface area (Å²) in [7, 11) is 1.84. The molecule has 0 aliphatic heterocycles. The summed E-state index contributed by atoms with van der Waals surface area (Å²) in [5.41, 5.74) is 2.85. The lowest BCUT2D eigenvalue weighted by atomic mass is 10.2. The Morgan fingerprint density at radius 2 is 2.07 bits per heavy atom. The second kappa shape index (κ2) is 6.49. The quantitative estimate of drug-likeness (QED) is 0.565. The lowest BCUT2D eigenvalue weighted by molar-refractivity contribution is 0.102. The van der Waals surface area contributed by atoms with Crippen molar-refractivity contribution in [2.75, 3.05) is 5.32 Å². The van der Waals surface area contributed by atoms with E-state index >= 15 is 0 Å². The van der Waals surface area contributed by atoms with E-state index in [9.17, 15) is 14.0 Å². The molecule has 0 aliphatic rings. The van der Waals surface area contributed by atoms with E-state index in [1.807, 2.05) is 25.2 Å². The van der Waals surface area contributed by atoms with E-state index in [4.69, 9.17) is 0 Å². The van der Waals surface area contributed by atoms with Gasteiger partial charge in [0.1, 0.15) is 23.4 Å². The predicted octanol–water partition coefficient (Wildman–Crippen LogP) is 2.94. The SMILES string of the molecule is Cn1nccc1-c1ccn2c(C(=O)Nc3cc(C=O)ccc3F)cnc2c1. The molecule has 0 spiro atoms. The Labute approximate surface area is 153 Å². The van der Waals surface area contributed by atoms with Gasteiger partial charge in [-0.3, -0.25) is 18.7 Å². The number of fused-ring (bicyclic) bond motifs is 1. The van der Waals surface area contributed by atoms with Crippen LogP contribution >= 0.6 is 0 Å². The molecule has 0 fully saturated rings. The molecule has 1 N–H and O–H groups in total. The molecule has 3 aromatic heterocycles. The minimum absolute atomic E-state index is 0.0638. The fourth-order valence-electron chi connectivity index (χ4n) is 2.86. The van der Waals surface area contributed by atoms with Crippen LogP contribution < -0.4 is 5.32 Å². The first-order valence-corrected chi connectivity index (χ1v) is 8.08. The van der Waals surface area contributed by atoms with Crippen LogP contribution in [0.25, 0.3) is 16.9 Å². The normalized spacial score (nSPS) is 10.9. The van der Waals surface area contributed by atoms with Crippen LogP contribution in [0.3, 0.4) is 0 Å². The molecule has 0 saturated heterocycles. The number of rotatable bonds is 4. The zero-order chi connectivity index (χ0) is 19.0. The third kappa shape index (κ3) is 2.97. The molecule has 0 bridgehead atoms. The van der Waals surface area contributed by atoms with Gasteiger partial charge in [0.2, 0.25) is 0 Å². The van der Waals surface area contributed by atoms with E-state index in [0.29, 0.717) is 11.9 Å². The molecule has 0 aliphatic carbocycles. The molecule has 8 heteroatoms. The van der Waals surface area contributed by atoms with Crippen molar-refractivity contribution in [3.63, 3.8) is 0 Å². The first-order valence-electron chi connectivity index (χ1n) is 8.08. The number of aromatic nitrogens is 4. The molecule has 7 nitrogen and oxygen atoms in total. The molecule has 4 rings (SSSR count). The van der Waals surface area contributed by atoms with Crippen LogP contribution in [-0.4, -0.2) is 31.4 Å². The first-order chi connectivity index (χ1) is 13.1. The van der Waals surface area contributed by atoms with Gasteiger partial charge in [-0.25, -0.2) is 9.37 Å². The summed E-state index contributed by atoms with van der Waals surface area (Å²) < 4.78 is 17.3. The molecule has 3 heterocycles. The van der Waals surface area contributed by atoms with Crippen molar-refractivity contribution in [3.8, 4) is 11.3 Å². The number of amides is 1. The Bertz CT molecular complexity index is 1180. The van der Waals surface area contributed by atoms with Gasteiger partial charge >= 0.3 is 0 Å². The average Bonchev–Trinajstić information content (AvgIpc) is 3.29. The summed E-state index contributed by atoms with van der Waals surface area (Å²) in [4.78, 5) is 27.7. The van der Waals surface area contributed by atoms with Gasteiger partial charge in [-0.1, -0.05) is 0 Å². The van der Waals surface area contributed by atoms with Crippen LogP contribution in [0.5, 0.6) is 0 Å². The van der Waals surface area contributed by atoms with Gasteiger partial charge < -0.3 is 5.32 Å². The van der Waals surface area contributed by atoms with Gasteiger partial charge in [0.15, 0.2) is 0 Å². The lowest BCUT2D eigenvalue weighted by Crippen LogP contribution is -2.15. The predicted molar refractivity (Wildman–Crippen MR) is 97.1 cm³/mol. The molecule has 0 unspecified atom stereocenters. The number of aldehydes is 1. The Balaban J connectivity index is 1.67. The molecular weight excluding hydrogens is 349 g/mol. The Morgan fingerprint density at radius 1 is 1.22 bits per heavy atom. The van der Waals surface area contributed by atoms with Gasteiger partial charge in [-0.2, -0.15) is 5.10 Å². The van der Waals surface area contributed by atoms with Crippen LogP contribution in [0.1, 0.15) is 20.8 Å². The minimum atomic E-state index is -0.624. The Morgan fingerprint density at radius 3 is 2.81 bits per heavy atom. The average molecular weight is 363 g/mol. The molecule has 27 heavy (non-hydrogen) atoms. The molecule has 0 radical (unpaired) electrons. The highest BCUT2D eigenvalue weighted by Gasteiger charge is 2.15. The Hall–Kier alpha value is -3.81. The van der Waals surface area contributed by atoms with E-state index in [2.05, 4.69) is 15.4 Å².